The SMILES string of the molecule is O=C1[O][Bi][O]c2ccccc21.[OH3+]. The maximum Gasteiger partial charge on any atom is -0.457 e. The van der Waals surface area contributed by atoms with Gasteiger partial charge >= 0.3 is 76.1 Å². The molecule has 0 saturated heterocycles. The molecule has 0 fully saturated rings. The zero-order valence-corrected chi connectivity index (χ0v) is 9.54. The number of benzene rings is 1. The van der Waals surface area contributed by atoms with Crippen LogP contribution in [0.3, 0.4) is 0 Å². The van der Waals surface area contributed by atoms with Gasteiger partial charge in [0.15, 0.2) is 0 Å². The fraction of sp³-hybridized carbons (Fsp3) is 0. The molecule has 1 heterocycles. The Hall–Kier alpha value is -0.667. The van der Waals surface area contributed by atoms with Crippen molar-refractivity contribution in [1.29, 1.82) is 0 Å². The summed E-state index contributed by atoms with van der Waals surface area (Å²) in [6.07, 6.45) is 0. The molecule has 0 aliphatic carbocycles. The van der Waals surface area contributed by atoms with Gasteiger partial charge in [-0.25, -0.2) is 0 Å². The van der Waals surface area contributed by atoms with Gasteiger partial charge < -0.3 is 5.48 Å². The minimum absolute atomic E-state index is 0. The first-order chi connectivity index (χ1) is 5.38. The first-order valence-electron chi connectivity index (χ1n) is 3.05. The average Bonchev–Trinajstić information content (AvgIpc) is 2.06. The van der Waals surface area contributed by atoms with Crippen LogP contribution in [0.25, 0.3) is 0 Å². The summed E-state index contributed by atoms with van der Waals surface area (Å²) in [5.41, 5.74) is 0.544. The van der Waals surface area contributed by atoms with Crippen molar-refractivity contribution in [2.45, 2.75) is 0 Å². The van der Waals surface area contributed by atoms with Crippen LogP contribution in [0.5, 0.6) is 5.75 Å². The predicted octanol–water partition coefficient (Wildman–Crippen LogP) is -0.152. The minimum atomic E-state index is -1.43. The van der Waals surface area contributed by atoms with E-state index in [9.17, 15) is 4.79 Å². The third-order valence-electron chi connectivity index (χ3n) is 1.36. The maximum absolute atomic E-state index is 11.0. The maximum atomic E-state index is 11.0. The molecule has 0 amide bonds. The van der Waals surface area contributed by atoms with Gasteiger partial charge in [0, 0.05) is 0 Å². The Morgan fingerprint density at radius 2 is 1.92 bits per heavy atom. The second-order valence-corrected chi connectivity index (χ2v) is 4.04. The molecule has 2 rings (SSSR count). The van der Waals surface area contributed by atoms with E-state index in [1.807, 2.05) is 6.07 Å². The van der Waals surface area contributed by atoms with Gasteiger partial charge in [-0.1, -0.05) is 0 Å². The van der Waals surface area contributed by atoms with Gasteiger partial charge in [-0.15, -0.1) is 0 Å². The van der Waals surface area contributed by atoms with E-state index in [2.05, 4.69) is 0 Å². The number of para-hydroxylation sites is 1. The fourth-order valence-corrected chi connectivity index (χ4v) is 2.58. The van der Waals surface area contributed by atoms with Crippen molar-refractivity contribution in [3.8, 4) is 5.75 Å². The molecule has 0 unspecified atom stereocenters. The molecule has 0 atom stereocenters. The molecule has 1 aliphatic heterocycles. The molecule has 1 aliphatic rings. The summed E-state index contributed by atoms with van der Waals surface area (Å²) in [6.45, 7) is 0. The molecule has 1 aromatic rings. The molecule has 1 aromatic carbocycles. The van der Waals surface area contributed by atoms with Gasteiger partial charge in [-0.3, -0.25) is 0 Å². The Kier molecular flexibility index (Phi) is 3.01. The van der Waals surface area contributed by atoms with Crippen molar-refractivity contribution in [2.75, 3.05) is 0 Å². The summed E-state index contributed by atoms with van der Waals surface area (Å²) in [7, 11) is 0. The first-order valence-corrected chi connectivity index (χ1v) is 5.89. The van der Waals surface area contributed by atoms with Gasteiger partial charge in [0.2, 0.25) is 0 Å². The molecule has 5 heteroatoms. The van der Waals surface area contributed by atoms with Crippen LogP contribution < -0.4 is 2.81 Å². The topological polar surface area (TPSA) is 68.5 Å². The van der Waals surface area contributed by atoms with Crippen LogP contribution in [0, 0.1) is 0 Å². The van der Waals surface area contributed by atoms with Crippen LogP contribution in [0.15, 0.2) is 24.3 Å². The largest absolute Gasteiger partial charge is 0.457 e. The van der Waals surface area contributed by atoms with Crippen molar-refractivity contribution in [3.63, 3.8) is 0 Å². The van der Waals surface area contributed by atoms with Gasteiger partial charge in [0.25, 0.3) is 0 Å². The smallest absolute Gasteiger partial charge is 0.457 e. The Balaban J connectivity index is 0.000000720. The van der Waals surface area contributed by atoms with E-state index in [0.717, 1.165) is 0 Å². The third-order valence-corrected chi connectivity index (χ3v) is 3.35. The van der Waals surface area contributed by atoms with E-state index in [4.69, 9.17) is 5.63 Å². The summed E-state index contributed by atoms with van der Waals surface area (Å²) >= 11 is -1.43. The molecule has 0 bridgehead atoms. The number of carbonyl (C=O) groups excluding carboxylic acids is 1. The Morgan fingerprint density at radius 1 is 1.17 bits per heavy atom. The van der Waals surface area contributed by atoms with Crippen LogP contribution in [0.4, 0.5) is 0 Å². The minimum Gasteiger partial charge on any atom is -0.457 e. The van der Waals surface area contributed by atoms with E-state index in [-0.39, 0.29) is 11.4 Å². The zero-order chi connectivity index (χ0) is 7.68. The second-order valence-electron chi connectivity index (χ2n) is 2.04. The van der Waals surface area contributed by atoms with Crippen molar-refractivity contribution in [1.82, 2.24) is 0 Å². The number of hydrogen-bond donors (Lipinski definition) is 0. The summed E-state index contributed by atoms with van der Waals surface area (Å²) in [5, 5.41) is 0. The van der Waals surface area contributed by atoms with Gasteiger partial charge in [-0.05, 0) is 0 Å². The number of fused-ring (bicyclic) bond motifs is 1. The van der Waals surface area contributed by atoms with E-state index in [0.29, 0.717) is 11.3 Å². The van der Waals surface area contributed by atoms with Gasteiger partial charge in [-0.2, -0.15) is 0 Å². The van der Waals surface area contributed by atoms with Crippen molar-refractivity contribution in [2.24, 2.45) is 0 Å². The fourth-order valence-electron chi connectivity index (χ4n) is 0.857. The Labute approximate surface area is 81.6 Å². The van der Waals surface area contributed by atoms with Crippen LogP contribution in [-0.2, 0) is 8.29 Å². The van der Waals surface area contributed by atoms with Crippen LogP contribution in [0.2, 0.25) is 0 Å². The summed E-state index contributed by atoms with van der Waals surface area (Å²) in [4.78, 5) is 11.0. The molecule has 0 aromatic heterocycles. The Morgan fingerprint density at radius 3 is 2.67 bits per heavy atom. The van der Waals surface area contributed by atoms with Crippen LogP contribution in [-0.4, -0.2) is 30.1 Å². The molecular formula is C7H7BiO4+. The van der Waals surface area contributed by atoms with E-state index >= 15 is 0 Å². The monoisotopic (exact) mass is 364 g/mol. The molecule has 4 nitrogen and oxygen atoms in total. The zero-order valence-electron chi connectivity index (χ0n) is 6.06. The standard InChI is InChI=1S/C7H6O3.Bi.H2O/c8-6-4-2-1-3-5(6)7(9)10;;/h1-4,8H,(H,9,10);;1H2/q;+2;/p-1. The van der Waals surface area contributed by atoms with Gasteiger partial charge in [0.05, 0.1) is 0 Å². The van der Waals surface area contributed by atoms with Crippen molar-refractivity contribution >= 4 is 30.1 Å². The molecular weight excluding hydrogens is 357 g/mol. The van der Waals surface area contributed by atoms with E-state index in [1.165, 1.54) is 0 Å². The third kappa shape index (κ3) is 1.57. The van der Waals surface area contributed by atoms with Crippen molar-refractivity contribution < 1.29 is 15.9 Å². The normalized spacial score (nSPS) is 13.5. The summed E-state index contributed by atoms with van der Waals surface area (Å²) < 4.78 is 10.1. The second kappa shape index (κ2) is 3.83. The van der Waals surface area contributed by atoms with E-state index in [1.54, 1.807) is 18.2 Å². The molecule has 1 radical (unpaired) electrons. The first kappa shape index (κ1) is 9.42. The molecule has 0 spiro atoms. The molecule has 12 heavy (non-hydrogen) atoms. The molecule has 63 valence electrons. The summed E-state index contributed by atoms with van der Waals surface area (Å²) in [6, 6.07) is 7.14. The summed E-state index contributed by atoms with van der Waals surface area (Å²) in [5.74, 6) is 0.448. The Bertz CT molecular complexity index is 299. The predicted molar refractivity (Wildman–Crippen MR) is 43.1 cm³/mol. The number of hydrogen-bond acceptors (Lipinski definition) is 3. The quantitative estimate of drug-likeness (QED) is 0.475. The number of carbonyl (C=O) groups is 1. The average molecular weight is 364 g/mol. The van der Waals surface area contributed by atoms with Gasteiger partial charge in [0.1, 0.15) is 0 Å². The molecule has 0 saturated carbocycles. The van der Waals surface area contributed by atoms with E-state index < -0.39 is 24.1 Å². The van der Waals surface area contributed by atoms with Crippen LogP contribution in [0.1, 0.15) is 10.4 Å². The van der Waals surface area contributed by atoms with Crippen molar-refractivity contribution in [3.05, 3.63) is 29.8 Å². The van der Waals surface area contributed by atoms with Crippen LogP contribution >= 0.6 is 0 Å². The molecule has 3 N–H and O–H groups in total. The number of rotatable bonds is 0.